The molecule has 0 spiro atoms. The first-order valence-electron chi connectivity index (χ1n) is 10.0. The van der Waals surface area contributed by atoms with E-state index in [9.17, 15) is 10.1 Å². The van der Waals surface area contributed by atoms with Crippen molar-refractivity contribution in [3.8, 4) is 17.6 Å². The molecule has 0 unspecified atom stereocenters. The zero-order valence-electron chi connectivity index (χ0n) is 16.7. The van der Waals surface area contributed by atoms with Crippen molar-refractivity contribution >= 4 is 34.0 Å². The molecule has 1 amide bonds. The molecule has 7 nitrogen and oxygen atoms in total. The molecular formula is C21H22N6OS2. The Bertz CT molecular complexity index is 1080. The standard InChI is InChI=1S/C21H22N6OS2/c1-2-27-19(16-9-6-7-11-23-16)25-26-21(27)29-13-18(28)24-20-15(12-22)14-8-4-3-5-10-17(14)30-20/h6-7,9,11H,2-5,8,10,13H2,1H3,(H,24,28). The summed E-state index contributed by atoms with van der Waals surface area (Å²) in [6.07, 6.45) is 7.09. The summed E-state index contributed by atoms with van der Waals surface area (Å²) < 4.78 is 1.95. The molecule has 0 aromatic carbocycles. The number of carbonyl (C=O) groups is 1. The SMILES string of the molecule is CCn1c(SCC(=O)Nc2sc3c(c2C#N)CCCCC3)nnc1-c1ccccn1. The number of aryl methyl sites for hydroxylation is 1. The lowest BCUT2D eigenvalue weighted by Crippen LogP contribution is -2.14. The molecule has 9 heteroatoms. The fourth-order valence-corrected chi connectivity index (χ4v) is 5.67. The van der Waals surface area contributed by atoms with Crippen LogP contribution >= 0.6 is 23.1 Å². The number of carbonyl (C=O) groups excluding carboxylic acids is 1. The number of anilines is 1. The lowest BCUT2D eigenvalue weighted by molar-refractivity contribution is -0.113. The van der Waals surface area contributed by atoms with Crippen molar-refractivity contribution in [3.63, 3.8) is 0 Å². The van der Waals surface area contributed by atoms with Crippen LogP contribution in [0.15, 0.2) is 29.6 Å². The number of nitrogens with one attached hydrogen (secondary N) is 1. The number of rotatable bonds is 6. The number of fused-ring (bicyclic) bond motifs is 1. The Labute approximate surface area is 183 Å². The van der Waals surface area contributed by atoms with E-state index in [0.29, 0.717) is 28.1 Å². The van der Waals surface area contributed by atoms with Gasteiger partial charge in [0.05, 0.1) is 11.3 Å². The lowest BCUT2D eigenvalue weighted by Gasteiger charge is -2.07. The van der Waals surface area contributed by atoms with E-state index in [2.05, 4.69) is 26.6 Å². The largest absolute Gasteiger partial charge is 0.316 e. The minimum absolute atomic E-state index is 0.141. The number of hydrogen-bond acceptors (Lipinski definition) is 7. The summed E-state index contributed by atoms with van der Waals surface area (Å²) >= 11 is 2.89. The molecule has 1 aliphatic carbocycles. The molecular weight excluding hydrogens is 416 g/mol. The fourth-order valence-electron chi connectivity index (χ4n) is 3.61. The highest BCUT2D eigenvalue weighted by atomic mass is 32.2. The van der Waals surface area contributed by atoms with Crippen LogP contribution in [-0.4, -0.2) is 31.4 Å². The molecule has 3 aromatic rings. The second-order valence-electron chi connectivity index (χ2n) is 6.98. The Hall–Kier alpha value is -2.70. The van der Waals surface area contributed by atoms with E-state index in [4.69, 9.17) is 0 Å². The van der Waals surface area contributed by atoms with Gasteiger partial charge in [0.15, 0.2) is 11.0 Å². The third-order valence-electron chi connectivity index (χ3n) is 5.05. The number of nitriles is 1. The molecule has 0 aliphatic heterocycles. The van der Waals surface area contributed by atoms with Crippen molar-refractivity contribution in [2.24, 2.45) is 0 Å². The minimum Gasteiger partial charge on any atom is -0.316 e. The molecule has 3 heterocycles. The molecule has 154 valence electrons. The van der Waals surface area contributed by atoms with E-state index in [1.165, 1.54) is 23.1 Å². The van der Waals surface area contributed by atoms with Crippen molar-refractivity contribution < 1.29 is 4.79 Å². The first-order valence-corrected chi connectivity index (χ1v) is 11.8. The summed E-state index contributed by atoms with van der Waals surface area (Å²) in [5, 5.41) is 22.4. The summed E-state index contributed by atoms with van der Waals surface area (Å²) in [5.74, 6) is 0.751. The molecule has 0 saturated carbocycles. The zero-order chi connectivity index (χ0) is 20.9. The number of amides is 1. The van der Waals surface area contributed by atoms with Crippen LogP contribution in [0.1, 0.15) is 42.2 Å². The monoisotopic (exact) mass is 438 g/mol. The van der Waals surface area contributed by atoms with E-state index < -0.39 is 0 Å². The van der Waals surface area contributed by atoms with Crippen molar-refractivity contribution in [1.29, 1.82) is 5.26 Å². The number of thioether (sulfide) groups is 1. The lowest BCUT2D eigenvalue weighted by atomic mass is 10.1. The Morgan fingerprint density at radius 1 is 1.30 bits per heavy atom. The molecule has 30 heavy (non-hydrogen) atoms. The quantitative estimate of drug-likeness (QED) is 0.455. The van der Waals surface area contributed by atoms with E-state index in [1.54, 1.807) is 17.5 Å². The summed E-state index contributed by atoms with van der Waals surface area (Å²) in [6, 6.07) is 7.96. The number of pyridine rings is 1. The van der Waals surface area contributed by atoms with Crippen LogP contribution in [0.4, 0.5) is 5.00 Å². The average Bonchev–Trinajstić information content (AvgIpc) is 3.25. The highest BCUT2D eigenvalue weighted by Gasteiger charge is 2.21. The summed E-state index contributed by atoms with van der Waals surface area (Å²) in [7, 11) is 0. The van der Waals surface area contributed by atoms with Gasteiger partial charge in [0.1, 0.15) is 16.8 Å². The predicted octanol–water partition coefficient (Wildman–Crippen LogP) is 4.29. The van der Waals surface area contributed by atoms with Gasteiger partial charge in [-0.25, -0.2) is 0 Å². The molecule has 4 rings (SSSR count). The molecule has 0 fully saturated rings. The molecule has 0 bridgehead atoms. The van der Waals surface area contributed by atoms with Crippen LogP contribution in [-0.2, 0) is 24.2 Å². The van der Waals surface area contributed by atoms with Crippen molar-refractivity contribution in [2.75, 3.05) is 11.1 Å². The Morgan fingerprint density at radius 3 is 2.93 bits per heavy atom. The van der Waals surface area contributed by atoms with Gasteiger partial charge in [0.2, 0.25) is 5.91 Å². The first kappa shape index (κ1) is 20.6. The highest BCUT2D eigenvalue weighted by molar-refractivity contribution is 7.99. The van der Waals surface area contributed by atoms with Gasteiger partial charge in [-0.05, 0) is 50.3 Å². The molecule has 3 aromatic heterocycles. The second kappa shape index (κ2) is 9.41. The Morgan fingerprint density at radius 2 is 2.17 bits per heavy atom. The predicted molar refractivity (Wildman–Crippen MR) is 119 cm³/mol. The smallest absolute Gasteiger partial charge is 0.235 e. The Kier molecular flexibility index (Phi) is 6.45. The third kappa shape index (κ3) is 4.25. The van der Waals surface area contributed by atoms with E-state index in [1.807, 2.05) is 29.7 Å². The summed E-state index contributed by atoms with van der Waals surface area (Å²) in [4.78, 5) is 18.2. The topological polar surface area (TPSA) is 96.5 Å². The van der Waals surface area contributed by atoms with Crippen molar-refractivity contribution in [1.82, 2.24) is 19.7 Å². The zero-order valence-corrected chi connectivity index (χ0v) is 18.4. The highest BCUT2D eigenvalue weighted by Crippen LogP contribution is 2.37. The normalized spacial score (nSPS) is 13.3. The van der Waals surface area contributed by atoms with Gasteiger partial charge in [-0.15, -0.1) is 21.5 Å². The van der Waals surface area contributed by atoms with Crippen LogP contribution in [0.5, 0.6) is 0 Å². The maximum absolute atomic E-state index is 12.6. The minimum atomic E-state index is -0.141. The van der Waals surface area contributed by atoms with E-state index in [-0.39, 0.29) is 11.7 Å². The van der Waals surface area contributed by atoms with Gasteiger partial charge in [-0.1, -0.05) is 24.2 Å². The van der Waals surface area contributed by atoms with Crippen LogP contribution in [0.2, 0.25) is 0 Å². The van der Waals surface area contributed by atoms with Gasteiger partial charge < -0.3 is 9.88 Å². The maximum Gasteiger partial charge on any atom is 0.235 e. The average molecular weight is 439 g/mol. The molecule has 0 atom stereocenters. The summed E-state index contributed by atoms with van der Waals surface area (Å²) in [5.41, 5.74) is 2.53. The fraction of sp³-hybridized carbons (Fsp3) is 0.381. The second-order valence-corrected chi connectivity index (χ2v) is 9.03. The van der Waals surface area contributed by atoms with Crippen LogP contribution < -0.4 is 5.32 Å². The van der Waals surface area contributed by atoms with E-state index in [0.717, 1.165) is 36.9 Å². The van der Waals surface area contributed by atoms with Gasteiger partial charge >= 0.3 is 0 Å². The van der Waals surface area contributed by atoms with Gasteiger partial charge in [-0.3, -0.25) is 9.78 Å². The summed E-state index contributed by atoms with van der Waals surface area (Å²) in [6.45, 7) is 2.69. The number of hydrogen-bond donors (Lipinski definition) is 1. The molecule has 0 saturated heterocycles. The molecule has 1 N–H and O–H groups in total. The third-order valence-corrected chi connectivity index (χ3v) is 7.22. The number of thiophene rings is 1. The van der Waals surface area contributed by atoms with Gasteiger partial charge in [0, 0.05) is 17.6 Å². The van der Waals surface area contributed by atoms with Crippen LogP contribution in [0, 0.1) is 11.3 Å². The first-order chi connectivity index (χ1) is 14.7. The van der Waals surface area contributed by atoms with Crippen LogP contribution in [0.25, 0.3) is 11.5 Å². The van der Waals surface area contributed by atoms with Crippen LogP contribution in [0.3, 0.4) is 0 Å². The molecule has 0 radical (unpaired) electrons. The maximum atomic E-state index is 12.6. The van der Waals surface area contributed by atoms with Crippen molar-refractivity contribution in [3.05, 3.63) is 40.4 Å². The number of aromatic nitrogens is 4. The van der Waals surface area contributed by atoms with Crippen molar-refractivity contribution in [2.45, 2.75) is 50.7 Å². The van der Waals surface area contributed by atoms with Gasteiger partial charge in [0.25, 0.3) is 0 Å². The van der Waals surface area contributed by atoms with Gasteiger partial charge in [-0.2, -0.15) is 5.26 Å². The number of nitrogens with zero attached hydrogens (tertiary/aromatic N) is 5. The molecule has 1 aliphatic rings. The Balaban J connectivity index is 1.45. The van der Waals surface area contributed by atoms with E-state index >= 15 is 0 Å².